The molecular weight excluding hydrogens is 428 g/mol. The first-order chi connectivity index (χ1) is 16.0. The van der Waals surface area contributed by atoms with Gasteiger partial charge in [0, 0.05) is 11.1 Å². The van der Waals surface area contributed by atoms with Crippen molar-refractivity contribution in [2.75, 3.05) is 27.4 Å². The van der Waals surface area contributed by atoms with Gasteiger partial charge in [-0.05, 0) is 50.2 Å². The van der Waals surface area contributed by atoms with Gasteiger partial charge < -0.3 is 18.9 Å². The van der Waals surface area contributed by atoms with Crippen LogP contribution in [-0.4, -0.2) is 51.7 Å². The van der Waals surface area contributed by atoms with E-state index in [9.17, 15) is 9.59 Å². The number of methoxy groups -OCH3 is 2. The summed E-state index contributed by atoms with van der Waals surface area (Å²) in [7, 11) is 3.09. The van der Waals surface area contributed by atoms with Crippen LogP contribution < -0.4 is 29.8 Å². The SMILES string of the molecule is CCOc1ccc(OC)cc1C=NNC(=O)CC(=O)NN=Cc1cc(OC)ccc1OCC. The summed E-state index contributed by atoms with van der Waals surface area (Å²) in [5, 5.41) is 7.77. The van der Waals surface area contributed by atoms with E-state index < -0.39 is 18.2 Å². The van der Waals surface area contributed by atoms with E-state index in [1.54, 1.807) is 50.6 Å². The van der Waals surface area contributed by atoms with E-state index in [4.69, 9.17) is 18.9 Å². The molecule has 0 atom stereocenters. The van der Waals surface area contributed by atoms with Crippen molar-refractivity contribution < 1.29 is 28.5 Å². The highest BCUT2D eigenvalue weighted by molar-refractivity contribution is 5.97. The Kier molecular flexibility index (Phi) is 10.2. The second kappa shape index (κ2) is 13.4. The standard InChI is InChI=1S/C23H28N4O6/c1-5-32-20-9-7-18(30-3)11-16(20)14-24-26-22(28)13-23(29)27-25-15-17-12-19(31-4)8-10-21(17)33-6-2/h7-12,14-15H,5-6,13H2,1-4H3,(H,26,28)(H,27,29). The normalized spacial score (nSPS) is 10.8. The molecule has 2 aromatic carbocycles. The Morgan fingerprint density at radius 2 is 1.21 bits per heavy atom. The molecule has 2 rings (SSSR count). The quantitative estimate of drug-likeness (QED) is 0.288. The van der Waals surface area contributed by atoms with Gasteiger partial charge in [0.05, 0.1) is 39.9 Å². The Morgan fingerprint density at radius 1 is 0.788 bits per heavy atom. The zero-order chi connectivity index (χ0) is 24.1. The van der Waals surface area contributed by atoms with Gasteiger partial charge in [0.15, 0.2) is 0 Å². The van der Waals surface area contributed by atoms with E-state index in [-0.39, 0.29) is 0 Å². The lowest BCUT2D eigenvalue weighted by atomic mass is 10.2. The maximum Gasteiger partial charge on any atom is 0.249 e. The molecule has 0 saturated carbocycles. The third-order valence-electron chi connectivity index (χ3n) is 4.14. The molecule has 176 valence electrons. The van der Waals surface area contributed by atoms with Crippen molar-refractivity contribution in [3.8, 4) is 23.0 Å². The van der Waals surface area contributed by atoms with E-state index in [0.717, 1.165) is 0 Å². The van der Waals surface area contributed by atoms with Gasteiger partial charge in [-0.1, -0.05) is 0 Å². The van der Waals surface area contributed by atoms with Crippen molar-refractivity contribution in [3.63, 3.8) is 0 Å². The van der Waals surface area contributed by atoms with Crippen LogP contribution in [-0.2, 0) is 9.59 Å². The van der Waals surface area contributed by atoms with Crippen molar-refractivity contribution in [1.29, 1.82) is 0 Å². The molecule has 0 heterocycles. The van der Waals surface area contributed by atoms with Crippen molar-refractivity contribution in [2.24, 2.45) is 10.2 Å². The molecule has 0 unspecified atom stereocenters. The highest BCUT2D eigenvalue weighted by Gasteiger charge is 2.09. The lowest BCUT2D eigenvalue weighted by Crippen LogP contribution is -2.27. The largest absolute Gasteiger partial charge is 0.497 e. The first-order valence-corrected chi connectivity index (χ1v) is 10.3. The molecule has 10 heteroatoms. The zero-order valence-corrected chi connectivity index (χ0v) is 19.1. The van der Waals surface area contributed by atoms with E-state index in [1.165, 1.54) is 12.4 Å². The van der Waals surface area contributed by atoms with Crippen molar-refractivity contribution in [1.82, 2.24) is 10.9 Å². The van der Waals surface area contributed by atoms with Gasteiger partial charge in [-0.3, -0.25) is 9.59 Å². The van der Waals surface area contributed by atoms with Crippen molar-refractivity contribution >= 4 is 24.2 Å². The predicted octanol–water partition coefficient (Wildman–Crippen LogP) is 2.49. The molecule has 0 radical (unpaired) electrons. The van der Waals surface area contributed by atoms with Crippen LogP contribution in [0.15, 0.2) is 46.6 Å². The third-order valence-corrected chi connectivity index (χ3v) is 4.14. The van der Waals surface area contributed by atoms with Gasteiger partial charge in [-0.2, -0.15) is 10.2 Å². The molecule has 0 fully saturated rings. The second-order valence-corrected chi connectivity index (χ2v) is 6.44. The summed E-state index contributed by atoms with van der Waals surface area (Å²) in [6.45, 7) is 4.67. The minimum absolute atomic E-state index is 0.457. The minimum Gasteiger partial charge on any atom is -0.497 e. The fourth-order valence-corrected chi connectivity index (χ4v) is 2.66. The van der Waals surface area contributed by atoms with E-state index in [0.29, 0.717) is 47.3 Å². The maximum atomic E-state index is 12.0. The van der Waals surface area contributed by atoms with Crippen molar-refractivity contribution in [3.05, 3.63) is 47.5 Å². The van der Waals surface area contributed by atoms with Crippen LogP contribution in [0.5, 0.6) is 23.0 Å². The summed E-state index contributed by atoms with van der Waals surface area (Å²) >= 11 is 0. The number of hydrogen-bond donors (Lipinski definition) is 2. The first kappa shape index (κ1) is 25.2. The molecule has 10 nitrogen and oxygen atoms in total. The molecule has 0 spiro atoms. The summed E-state index contributed by atoms with van der Waals surface area (Å²) in [5.74, 6) is 1.21. The van der Waals surface area contributed by atoms with E-state index in [1.807, 2.05) is 13.8 Å². The van der Waals surface area contributed by atoms with Crippen LogP contribution >= 0.6 is 0 Å². The summed E-state index contributed by atoms with van der Waals surface area (Å²) in [4.78, 5) is 24.0. The Morgan fingerprint density at radius 3 is 1.58 bits per heavy atom. The van der Waals surface area contributed by atoms with Gasteiger partial charge in [-0.15, -0.1) is 0 Å². The van der Waals surface area contributed by atoms with Gasteiger partial charge in [0.25, 0.3) is 0 Å². The Balaban J connectivity index is 1.91. The minimum atomic E-state index is -0.601. The lowest BCUT2D eigenvalue weighted by molar-refractivity contribution is -0.129. The number of hydrazone groups is 2. The highest BCUT2D eigenvalue weighted by Crippen LogP contribution is 2.23. The van der Waals surface area contributed by atoms with Crippen LogP contribution in [0.3, 0.4) is 0 Å². The summed E-state index contributed by atoms with van der Waals surface area (Å²) < 4.78 is 21.4. The number of carbonyl (C=O) groups excluding carboxylic acids is 2. The van der Waals surface area contributed by atoms with Crippen LogP contribution in [0.4, 0.5) is 0 Å². The molecule has 0 aliphatic heterocycles. The average Bonchev–Trinajstić information content (AvgIpc) is 2.81. The van der Waals surface area contributed by atoms with Crippen LogP contribution in [0, 0.1) is 0 Å². The number of benzene rings is 2. The second-order valence-electron chi connectivity index (χ2n) is 6.44. The molecule has 0 aliphatic rings. The van der Waals surface area contributed by atoms with Gasteiger partial charge in [0.1, 0.15) is 29.4 Å². The van der Waals surface area contributed by atoms with Crippen LogP contribution in [0.25, 0.3) is 0 Å². The smallest absolute Gasteiger partial charge is 0.249 e. The Labute approximate surface area is 192 Å². The molecule has 2 amide bonds. The average molecular weight is 456 g/mol. The number of amides is 2. The van der Waals surface area contributed by atoms with Gasteiger partial charge >= 0.3 is 0 Å². The molecule has 33 heavy (non-hydrogen) atoms. The van der Waals surface area contributed by atoms with Gasteiger partial charge in [-0.25, -0.2) is 10.9 Å². The molecule has 2 N–H and O–H groups in total. The van der Waals surface area contributed by atoms with E-state index >= 15 is 0 Å². The van der Waals surface area contributed by atoms with Crippen LogP contribution in [0.2, 0.25) is 0 Å². The number of nitrogens with one attached hydrogen (secondary N) is 2. The summed E-state index contributed by atoms with van der Waals surface area (Å²) in [6.07, 6.45) is 2.38. The topological polar surface area (TPSA) is 120 Å². The number of carbonyl (C=O) groups is 2. The highest BCUT2D eigenvalue weighted by atomic mass is 16.5. The molecule has 2 aromatic rings. The third kappa shape index (κ3) is 8.17. The van der Waals surface area contributed by atoms with Crippen LogP contribution in [0.1, 0.15) is 31.4 Å². The molecular formula is C23H28N4O6. The number of hydrogen-bond acceptors (Lipinski definition) is 8. The summed E-state index contributed by atoms with van der Waals surface area (Å²) in [5.41, 5.74) is 5.84. The molecule has 0 saturated heterocycles. The lowest BCUT2D eigenvalue weighted by Gasteiger charge is -2.09. The van der Waals surface area contributed by atoms with E-state index in [2.05, 4.69) is 21.1 Å². The zero-order valence-electron chi connectivity index (χ0n) is 19.1. The Hall–Kier alpha value is -4.08. The monoisotopic (exact) mass is 456 g/mol. The fourth-order valence-electron chi connectivity index (χ4n) is 2.66. The van der Waals surface area contributed by atoms with Gasteiger partial charge in [0.2, 0.25) is 11.8 Å². The first-order valence-electron chi connectivity index (χ1n) is 10.3. The number of rotatable bonds is 12. The molecule has 0 aliphatic carbocycles. The van der Waals surface area contributed by atoms with Crippen molar-refractivity contribution in [2.45, 2.75) is 20.3 Å². The number of nitrogens with zero attached hydrogens (tertiary/aromatic N) is 2. The summed E-state index contributed by atoms with van der Waals surface area (Å²) in [6, 6.07) is 10.4. The Bertz CT molecular complexity index is 927. The fraction of sp³-hybridized carbons (Fsp3) is 0.304. The molecule has 0 aromatic heterocycles. The predicted molar refractivity (Wildman–Crippen MR) is 124 cm³/mol. The number of ether oxygens (including phenoxy) is 4. The molecule has 0 bridgehead atoms. The maximum absolute atomic E-state index is 12.0.